The summed E-state index contributed by atoms with van der Waals surface area (Å²) in [5.74, 6) is 0.538. The van der Waals surface area contributed by atoms with Gasteiger partial charge in [-0.3, -0.25) is 4.79 Å². The number of carbonyl (C=O) groups is 2. The van der Waals surface area contributed by atoms with Gasteiger partial charge >= 0.3 is 11.6 Å². The second-order valence-electron chi connectivity index (χ2n) is 11.4. The molecule has 2 aromatic rings. The van der Waals surface area contributed by atoms with Crippen LogP contribution in [-0.2, 0) is 20.7 Å². The minimum Gasteiger partial charge on any atom is -0.482 e. The van der Waals surface area contributed by atoms with E-state index >= 15 is 0 Å². The molecule has 4 heterocycles. The highest BCUT2D eigenvalue weighted by atomic mass is 16.6. The molecule has 3 aliphatic heterocycles. The summed E-state index contributed by atoms with van der Waals surface area (Å²) in [5.41, 5.74) is 6.87. The normalized spacial score (nSPS) is 20.6. The summed E-state index contributed by atoms with van der Waals surface area (Å²) in [6.45, 7) is 7.12. The number of fused-ring (bicyclic) bond motifs is 2. The Morgan fingerprint density at radius 2 is 2.05 bits per heavy atom. The average Bonchev–Trinajstić information content (AvgIpc) is 3.24. The van der Waals surface area contributed by atoms with E-state index in [-0.39, 0.29) is 25.4 Å². The zero-order chi connectivity index (χ0) is 29.4. The van der Waals surface area contributed by atoms with Gasteiger partial charge in [0.2, 0.25) is 5.91 Å². The molecule has 3 aliphatic rings. The summed E-state index contributed by atoms with van der Waals surface area (Å²) in [6, 6.07) is 6.70. The number of ether oxygens (including phenoxy) is 2. The van der Waals surface area contributed by atoms with E-state index in [1.54, 1.807) is 25.1 Å². The molecule has 0 saturated carbocycles. The SMILES string of the molecule is CC=C(CCO)C(=O)OC(C)(C)C1(CC2=C(CC(=O)N3CCC3)CNC(N)=C2)Cc2cc3ccc(=O)oc3cc2O1. The Balaban J connectivity index is 1.56. The summed E-state index contributed by atoms with van der Waals surface area (Å²) in [4.78, 5) is 39.9. The predicted molar refractivity (Wildman–Crippen MR) is 153 cm³/mol. The van der Waals surface area contributed by atoms with Gasteiger partial charge in [-0.2, -0.15) is 0 Å². The van der Waals surface area contributed by atoms with Crippen molar-refractivity contribution in [3.8, 4) is 5.75 Å². The third-order valence-corrected chi connectivity index (χ3v) is 8.36. The molecule has 1 fully saturated rings. The van der Waals surface area contributed by atoms with Crippen LogP contribution in [0.25, 0.3) is 11.0 Å². The van der Waals surface area contributed by atoms with Gasteiger partial charge in [-0.25, -0.2) is 9.59 Å². The summed E-state index contributed by atoms with van der Waals surface area (Å²) >= 11 is 0. The lowest BCUT2D eigenvalue weighted by Crippen LogP contribution is -2.57. The lowest BCUT2D eigenvalue weighted by Gasteiger charge is -2.43. The molecule has 1 amide bonds. The Morgan fingerprint density at radius 3 is 2.73 bits per heavy atom. The molecule has 4 N–H and O–H groups in total. The molecule has 10 nitrogen and oxygen atoms in total. The third kappa shape index (κ3) is 5.61. The van der Waals surface area contributed by atoms with Gasteiger partial charge in [-0.05, 0) is 62.1 Å². The molecule has 5 rings (SSSR count). The van der Waals surface area contributed by atoms with Crippen LogP contribution in [0.4, 0.5) is 0 Å². The molecular formula is C31H37N3O7. The van der Waals surface area contributed by atoms with E-state index in [1.807, 2.05) is 30.9 Å². The Labute approximate surface area is 238 Å². The molecule has 10 heteroatoms. The van der Waals surface area contributed by atoms with Gasteiger partial charge in [-0.1, -0.05) is 6.08 Å². The average molecular weight is 564 g/mol. The monoisotopic (exact) mass is 563 g/mol. The number of nitrogens with zero attached hydrogens (tertiary/aromatic N) is 1. The summed E-state index contributed by atoms with van der Waals surface area (Å²) in [5, 5.41) is 13.3. The number of rotatable bonds is 9. The highest BCUT2D eigenvalue weighted by Gasteiger charge is 2.55. The topological polar surface area (TPSA) is 144 Å². The number of carbonyl (C=O) groups excluding carboxylic acids is 2. The van der Waals surface area contributed by atoms with Gasteiger partial charge < -0.3 is 34.9 Å². The van der Waals surface area contributed by atoms with Crippen molar-refractivity contribution in [3.63, 3.8) is 0 Å². The van der Waals surface area contributed by atoms with Crippen LogP contribution in [0.15, 0.2) is 68.2 Å². The number of hydrogen-bond acceptors (Lipinski definition) is 9. The van der Waals surface area contributed by atoms with E-state index in [1.165, 1.54) is 6.07 Å². The van der Waals surface area contributed by atoms with E-state index < -0.39 is 22.8 Å². The van der Waals surface area contributed by atoms with Crippen molar-refractivity contribution in [2.45, 2.75) is 64.1 Å². The number of hydrogen-bond donors (Lipinski definition) is 3. The zero-order valence-electron chi connectivity index (χ0n) is 23.7. The van der Waals surface area contributed by atoms with Crippen LogP contribution in [0.1, 0.15) is 52.0 Å². The summed E-state index contributed by atoms with van der Waals surface area (Å²) in [7, 11) is 0. The van der Waals surface area contributed by atoms with Gasteiger partial charge in [0.25, 0.3) is 0 Å². The lowest BCUT2D eigenvalue weighted by atomic mass is 9.75. The van der Waals surface area contributed by atoms with Crippen LogP contribution >= 0.6 is 0 Å². The quantitative estimate of drug-likeness (QED) is 0.238. The third-order valence-electron chi connectivity index (χ3n) is 8.36. The summed E-state index contributed by atoms with van der Waals surface area (Å²) in [6.07, 6.45) is 5.59. The predicted octanol–water partition coefficient (Wildman–Crippen LogP) is 2.83. The molecule has 41 heavy (non-hydrogen) atoms. The van der Waals surface area contributed by atoms with Crippen molar-refractivity contribution >= 4 is 22.8 Å². The fourth-order valence-corrected chi connectivity index (χ4v) is 5.64. The van der Waals surface area contributed by atoms with Gasteiger partial charge in [0, 0.05) is 68.6 Å². The number of esters is 1. The maximum Gasteiger partial charge on any atom is 0.336 e. The van der Waals surface area contributed by atoms with Crippen LogP contribution in [-0.4, -0.2) is 59.3 Å². The molecule has 1 aromatic carbocycles. The number of benzene rings is 1. The highest BCUT2D eigenvalue weighted by Crippen LogP contribution is 2.48. The highest BCUT2D eigenvalue weighted by molar-refractivity contribution is 5.88. The first-order chi connectivity index (χ1) is 19.5. The largest absolute Gasteiger partial charge is 0.482 e. The minimum absolute atomic E-state index is 0.0674. The molecular weight excluding hydrogens is 526 g/mol. The molecule has 0 radical (unpaired) electrons. The fraction of sp³-hybridized carbons (Fsp3) is 0.452. The molecule has 1 aromatic heterocycles. The van der Waals surface area contributed by atoms with E-state index in [9.17, 15) is 19.5 Å². The first kappa shape index (κ1) is 28.5. The maximum absolute atomic E-state index is 13.2. The number of nitrogens with two attached hydrogens (primary N) is 1. The van der Waals surface area contributed by atoms with Gasteiger partial charge in [0.05, 0.1) is 12.2 Å². The van der Waals surface area contributed by atoms with Crippen molar-refractivity contribution < 1.29 is 28.6 Å². The second kappa shape index (κ2) is 11.1. The van der Waals surface area contributed by atoms with Crippen molar-refractivity contribution in [1.82, 2.24) is 10.2 Å². The Hall–Kier alpha value is -4.05. The molecule has 0 bridgehead atoms. The van der Waals surface area contributed by atoms with Crippen molar-refractivity contribution in [1.29, 1.82) is 0 Å². The number of aliphatic hydroxyl groups excluding tert-OH is 1. The minimum atomic E-state index is -1.17. The van der Waals surface area contributed by atoms with Gasteiger partial charge in [0.1, 0.15) is 16.9 Å². The Kier molecular flexibility index (Phi) is 7.70. The molecule has 0 aliphatic carbocycles. The Morgan fingerprint density at radius 1 is 1.27 bits per heavy atom. The van der Waals surface area contributed by atoms with E-state index in [2.05, 4.69) is 5.32 Å². The molecule has 0 spiro atoms. The van der Waals surface area contributed by atoms with Gasteiger partial charge in [-0.15, -0.1) is 0 Å². The number of nitrogens with one attached hydrogen (secondary N) is 1. The first-order valence-corrected chi connectivity index (χ1v) is 14.0. The molecule has 1 atom stereocenters. The molecule has 1 saturated heterocycles. The smallest absolute Gasteiger partial charge is 0.336 e. The number of likely N-dealkylation sites (tertiary alicyclic amines) is 1. The number of amides is 1. The van der Waals surface area contributed by atoms with Crippen LogP contribution in [0.5, 0.6) is 5.75 Å². The van der Waals surface area contributed by atoms with Crippen molar-refractivity contribution in [2.75, 3.05) is 26.2 Å². The molecule has 218 valence electrons. The number of allylic oxidation sites excluding steroid dienone is 2. The second-order valence-corrected chi connectivity index (χ2v) is 11.4. The van der Waals surface area contributed by atoms with E-state index in [0.717, 1.165) is 41.6 Å². The standard InChI is InChI=1S/C31H37N3O7/c1-4-19(8-11-35)29(38)41-30(2,3)31(17-22-12-20-6-7-28(37)39-24(20)15-25(22)40-31)16-21-13-26(32)33-18-23(21)14-27(36)34-9-5-10-34/h4,6-7,12-13,15,33,35H,5,8-11,14,16-18,32H2,1-3H3. The molecule has 1 unspecified atom stereocenters. The van der Waals surface area contributed by atoms with Crippen LogP contribution in [0, 0.1) is 0 Å². The number of aliphatic hydroxyl groups is 1. The van der Waals surface area contributed by atoms with Crippen molar-refractivity contribution in [3.05, 3.63) is 74.9 Å². The first-order valence-electron chi connectivity index (χ1n) is 14.0. The van der Waals surface area contributed by atoms with Crippen LogP contribution in [0.3, 0.4) is 0 Å². The summed E-state index contributed by atoms with van der Waals surface area (Å²) < 4.78 is 18.3. The van der Waals surface area contributed by atoms with Crippen LogP contribution in [0.2, 0.25) is 0 Å². The maximum atomic E-state index is 13.2. The lowest BCUT2D eigenvalue weighted by molar-refractivity contribution is -0.174. The van der Waals surface area contributed by atoms with Crippen LogP contribution < -0.4 is 21.4 Å². The zero-order valence-corrected chi connectivity index (χ0v) is 23.7. The van der Waals surface area contributed by atoms with E-state index in [0.29, 0.717) is 42.1 Å². The Bertz CT molecular complexity index is 1530. The van der Waals surface area contributed by atoms with Gasteiger partial charge in [0.15, 0.2) is 5.60 Å². The number of dihydropyridines is 1. The van der Waals surface area contributed by atoms with Crippen molar-refractivity contribution in [2.24, 2.45) is 5.73 Å². The fourth-order valence-electron chi connectivity index (χ4n) is 5.64. The van der Waals surface area contributed by atoms with E-state index in [4.69, 9.17) is 19.6 Å².